The Morgan fingerprint density at radius 3 is 2.54 bits per heavy atom. The van der Waals surface area contributed by atoms with Crippen molar-refractivity contribution in [3.63, 3.8) is 0 Å². The van der Waals surface area contributed by atoms with E-state index in [0.29, 0.717) is 6.42 Å². The molecule has 0 heterocycles. The molecule has 0 unspecified atom stereocenters. The van der Waals surface area contributed by atoms with Crippen LogP contribution in [-0.4, -0.2) is 16.6 Å². The Hall–Kier alpha value is -0.960. The Kier molecular flexibility index (Phi) is 3.83. The molecule has 3 heteroatoms. The lowest BCUT2D eigenvalue weighted by atomic mass is 10.3. The molecule has 0 aromatic heterocycles. The second kappa shape index (κ2) is 4.92. The number of rotatable bonds is 4. The lowest BCUT2D eigenvalue weighted by Crippen LogP contribution is -1.91. The fourth-order valence-electron chi connectivity index (χ4n) is 0.855. The molecule has 0 aliphatic heterocycles. The highest BCUT2D eigenvalue weighted by Crippen LogP contribution is 2.21. The van der Waals surface area contributed by atoms with Crippen molar-refractivity contribution in [3.05, 3.63) is 24.3 Å². The zero-order chi connectivity index (χ0) is 9.68. The average Bonchev–Trinajstić information content (AvgIpc) is 2.08. The van der Waals surface area contributed by atoms with E-state index in [1.165, 1.54) is 0 Å². The summed E-state index contributed by atoms with van der Waals surface area (Å²) in [6.45, 7) is 1.59. The van der Waals surface area contributed by atoms with E-state index in [1.54, 1.807) is 30.8 Å². The van der Waals surface area contributed by atoms with Crippen molar-refractivity contribution in [2.75, 3.05) is 5.75 Å². The van der Waals surface area contributed by atoms with E-state index in [9.17, 15) is 4.79 Å². The number of hydrogen-bond donors (Lipinski definition) is 1. The molecule has 0 spiro atoms. The van der Waals surface area contributed by atoms with E-state index in [0.717, 1.165) is 10.6 Å². The minimum Gasteiger partial charge on any atom is -0.508 e. The number of phenols is 1. The van der Waals surface area contributed by atoms with Gasteiger partial charge in [-0.15, -0.1) is 11.8 Å². The third-order valence-corrected chi connectivity index (χ3v) is 2.57. The van der Waals surface area contributed by atoms with E-state index < -0.39 is 0 Å². The molecular weight excluding hydrogens is 184 g/mol. The highest BCUT2D eigenvalue weighted by atomic mass is 32.2. The molecule has 2 nitrogen and oxygen atoms in total. The SMILES string of the molecule is CC(=O)CCSc1ccc(O)cc1. The minimum atomic E-state index is 0.214. The Balaban J connectivity index is 2.37. The van der Waals surface area contributed by atoms with Crippen LogP contribution in [0.25, 0.3) is 0 Å². The number of carbonyl (C=O) groups is 1. The van der Waals surface area contributed by atoms with Gasteiger partial charge in [-0.1, -0.05) is 0 Å². The number of aromatic hydroxyl groups is 1. The summed E-state index contributed by atoms with van der Waals surface area (Å²) >= 11 is 1.63. The first kappa shape index (κ1) is 10.1. The largest absolute Gasteiger partial charge is 0.508 e. The Morgan fingerprint density at radius 2 is 2.00 bits per heavy atom. The topological polar surface area (TPSA) is 37.3 Å². The molecule has 0 aliphatic rings. The predicted molar refractivity (Wildman–Crippen MR) is 54.1 cm³/mol. The molecule has 1 N–H and O–H groups in total. The third-order valence-electron chi connectivity index (χ3n) is 1.56. The van der Waals surface area contributed by atoms with Crippen LogP contribution in [0.15, 0.2) is 29.2 Å². The quantitative estimate of drug-likeness (QED) is 0.752. The van der Waals surface area contributed by atoms with Gasteiger partial charge in [-0.3, -0.25) is 4.79 Å². The van der Waals surface area contributed by atoms with Crippen molar-refractivity contribution in [1.29, 1.82) is 0 Å². The van der Waals surface area contributed by atoms with Crippen LogP contribution in [0, 0.1) is 0 Å². The highest BCUT2D eigenvalue weighted by Gasteiger charge is 1.96. The van der Waals surface area contributed by atoms with Crippen molar-refractivity contribution in [3.8, 4) is 5.75 Å². The van der Waals surface area contributed by atoms with Gasteiger partial charge in [0.25, 0.3) is 0 Å². The van der Waals surface area contributed by atoms with E-state index >= 15 is 0 Å². The number of phenolic OH excluding ortho intramolecular Hbond substituents is 1. The van der Waals surface area contributed by atoms with Crippen molar-refractivity contribution in [2.24, 2.45) is 0 Å². The van der Waals surface area contributed by atoms with Gasteiger partial charge in [-0.25, -0.2) is 0 Å². The molecular formula is C10H12O2S. The molecule has 0 saturated carbocycles. The fourth-order valence-corrected chi connectivity index (χ4v) is 1.81. The number of Topliss-reactive ketones (excluding diaryl/α,β-unsaturated/α-hetero) is 1. The number of ketones is 1. The van der Waals surface area contributed by atoms with Crippen LogP contribution in [0.5, 0.6) is 5.75 Å². The van der Waals surface area contributed by atoms with Gasteiger partial charge < -0.3 is 5.11 Å². The third kappa shape index (κ3) is 3.99. The second-order valence-electron chi connectivity index (χ2n) is 2.79. The summed E-state index contributed by atoms with van der Waals surface area (Å²) in [6, 6.07) is 6.99. The monoisotopic (exact) mass is 196 g/mol. The van der Waals surface area contributed by atoms with Gasteiger partial charge in [-0.2, -0.15) is 0 Å². The van der Waals surface area contributed by atoms with Crippen LogP contribution in [0.2, 0.25) is 0 Å². The predicted octanol–water partition coefficient (Wildman–Crippen LogP) is 2.46. The van der Waals surface area contributed by atoms with Gasteiger partial charge in [0.05, 0.1) is 0 Å². The van der Waals surface area contributed by atoms with E-state index in [1.807, 2.05) is 12.1 Å². The molecule has 0 amide bonds. The zero-order valence-corrected chi connectivity index (χ0v) is 8.30. The van der Waals surface area contributed by atoms with Crippen molar-refractivity contribution >= 4 is 17.5 Å². The first-order chi connectivity index (χ1) is 6.18. The Labute approximate surface area is 82.0 Å². The molecule has 1 aromatic rings. The fraction of sp³-hybridized carbons (Fsp3) is 0.300. The second-order valence-corrected chi connectivity index (χ2v) is 3.96. The smallest absolute Gasteiger partial charge is 0.130 e. The molecule has 13 heavy (non-hydrogen) atoms. The molecule has 0 aliphatic carbocycles. The van der Waals surface area contributed by atoms with Crippen LogP contribution in [0.1, 0.15) is 13.3 Å². The molecule has 70 valence electrons. The summed E-state index contributed by atoms with van der Waals surface area (Å²) < 4.78 is 0. The minimum absolute atomic E-state index is 0.214. The van der Waals surface area contributed by atoms with Crippen LogP contribution in [0.4, 0.5) is 0 Å². The number of hydrogen-bond acceptors (Lipinski definition) is 3. The molecule has 0 saturated heterocycles. The van der Waals surface area contributed by atoms with E-state index in [4.69, 9.17) is 5.11 Å². The molecule has 1 aromatic carbocycles. The van der Waals surface area contributed by atoms with Gasteiger partial charge in [0.2, 0.25) is 0 Å². The summed E-state index contributed by atoms with van der Waals surface area (Å²) in [4.78, 5) is 11.7. The van der Waals surface area contributed by atoms with Crippen LogP contribution >= 0.6 is 11.8 Å². The van der Waals surface area contributed by atoms with Crippen molar-refractivity contribution in [1.82, 2.24) is 0 Å². The summed E-state index contributed by atoms with van der Waals surface area (Å²) in [5.74, 6) is 1.29. The van der Waals surface area contributed by atoms with Crippen molar-refractivity contribution < 1.29 is 9.90 Å². The maximum absolute atomic E-state index is 10.6. The lowest BCUT2D eigenvalue weighted by Gasteiger charge is -1.99. The number of thioether (sulfide) groups is 1. The summed E-state index contributed by atoms with van der Waals surface area (Å²) in [5, 5.41) is 9.01. The maximum Gasteiger partial charge on any atom is 0.130 e. The van der Waals surface area contributed by atoms with E-state index in [2.05, 4.69) is 0 Å². The highest BCUT2D eigenvalue weighted by molar-refractivity contribution is 7.99. The van der Waals surface area contributed by atoms with Gasteiger partial charge in [-0.05, 0) is 31.2 Å². The zero-order valence-electron chi connectivity index (χ0n) is 7.49. The molecule has 0 fully saturated rings. The summed E-state index contributed by atoms with van der Waals surface area (Å²) in [5.41, 5.74) is 0. The maximum atomic E-state index is 10.6. The van der Waals surface area contributed by atoms with Gasteiger partial charge in [0.15, 0.2) is 0 Å². The lowest BCUT2D eigenvalue weighted by molar-refractivity contribution is -0.116. The van der Waals surface area contributed by atoms with Crippen LogP contribution in [0.3, 0.4) is 0 Å². The Morgan fingerprint density at radius 1 is 1.38 bits per heavy atom. The molecule has 0 bridgehead atoms. The molecule has 0 atom stereocenters. The van der Waals surface area contributed by atoms with Crippen LogP contribution < -0.4 is 0 Å². The summed E-state index contributed by atoms with van der Waals surface area (Å²) in [6.07, 6.45) is 0.603. The van der Waals surface area contributed by atoms with E-state index in [-0.39, 0.29) is 11.5 Å². The van der Waals surface area contributed by atoms with Gasteiger partial charge in [0, 0.05) is 17.1 Å². The normalized spacial score (nSPS) is 9.92. The van der Waals surface area contributed by atoms with Gasteiger partial charge >= 0.3 is 0 Å². The Bertz CT molecular complexity index is 279. The van der Waals surface area contributed by atoms with Crippen LogP contribution in [-0.2, 0) is 4.79 Å². The molecule has 1 rings (SSSR count). The number of benzene rings is 1. The average molecular weight is 196 g/mol. The van der Waals surface area contributed by atoms with Crippen molar-refractivity contribution in [2.45, 2.75) is 18.2 Å². The first-order valence-electron chi connectivity index (χ1n) is 4.10. The standard InChI is InChI=1S/C10H12O2S/c1-8(11)6-7-13-10-4-2-9(12)3-5-10/h2-5,12H,6-7H2,1H3. The molecule has 0 radical (unpaired) electrons. The number of carbonyl (C=O) groups excluding carboxylic acids is 1. The van der Waals surface area contributed by atoms with Gasteiger partial charge in [0.1, 0.15) is 11.5 Å². The summed E-state index contributed by atoms with van der Waals surface area (Å²) in [7, 11) is 0. The first-order valence-corrected chi connectivity index (χ1v) is 5.08.